The lowest BCUT2D eigenvalue weighted by atomic mass is 9.86. The molecule has 21 heavy (non-hydrogen) atoms. The Bertz CT molecular complexity index is 480. The van der Waals surface area contributed by atoms with Crippen LogP contribution in [0.4, 0.5) is 0 Å². The van der Waals surface area contributed by atoms with E-state index in [1.807, 2.05) is 30.8 Å². The summed E-state index contributed by atoms with van der Waals surface area (Å²) >= 11 is 5.25. The molecule has 1 saturated carbocycles. The van der Waals surface area contributed by atoms with E-state index in [0.717, 1.165) is 35.9 Å². The van der Waals surface area contributed by atoms with Gasteiger partial charge in [0.05, 0.1) is 6.61 Å². The number of carbonyl (C=O) groups is 1. The van der Waals surface area contributed by atoms with Gasteiger partial charge in [-0.05, 0) is 62.1 Å². The molecule has 116 valence electrons. The van der Waals surface area contributed by atoms with Gasteiger partial charge in [0.25, 0.3) is 0 Å². The van der Waals surface area contributed by atoms with Gasteiger partial charge in [0, 0.05) is 9.37 Å². The maximum atomic E-state index is 12.1. The van der Waals surface area contributed by atoms with Crippen molar-refractivity contribution in [3.05, 3.63) is 28.7 Å². The van der Waals surface area contributed by atoms with Crippen molar-refractivity contribution >= 4 is 33.7 Å². The van der Waals surface area contributed by atoms with Gasteiger partial charge < -0.3 is 10.5 Å². The second kappa shape index (κ2) is 7.65. The number of hydrogen-bond acceptors (Lipinski definition) is 4. The van der Waals surface area contributed by atoms with Crippen LogP contribution in [0.3, 0.4) is 0 Å². The van der Waals surface area contributed by atoms with Crippen molar-refractivity contribution in [1.29, 1.82) is 0 Å². The van der Waals surface area contributed by atoms with Gasteiger partial charge in [-0.25, -0.2) is 0 Å². The molecule has 0 bridgehead atoms. The van der Waals surface area contributed by atoms with Gasteiger partial charge in [-0.1, -0.05) is 22.4 Å². The van der Waals surface area contributed by atoms with E-state index in [1.165, 1.54) is 4.90 Å². The molecule has 0 heterocycles. The molecule has 0 amide bonds. The molecule has 0 saturated heterocycles. The molecule has 1 aliphatic carbocycles. The van der Waals surface area contributed by atoms with Crippen LogP contribution in [0, 0.1) is 5.92 Å². The van der Waals surface area contributed by atoms with E-state index in [4.69, 9.17) is 10.5 Å². The average Bonchev–Trinajstić information content (AvgIpc) is 2.84. The van der Waals surface area contributed by atoms with Gasteiger partial charge in [-0.3, -0.25) is 4.79 Å². The third-order valence-corrected chi connectivity index (χ3v) is 5.65. The van der Waals surface area contributed by atoms with E-state index in [2.05, 4.69) is 28.1 Å². The summed E-state index contributed by atoms with van der Waals surface area (Å²) in [7, 11) is 0. The van der Waals surface area contributed by atoms with E-state index in [-0.39, 0.29) is 11.9 Å². The van der Waals surface area contributed by atoms with Crippen LogP contribution in [-0.2, 0) is 9.53 Å². The Labute approximate surface area is 139 Å². The molecule has 3 nitrogen and oxygen atoms in total. The summed E-state index contributed by atoms with van der Waals surface area (Å²) in [6.45, 7) is 2.23. The molecule has 1 aromatic carbocycles. The lowest BCUT2D eigenvalue weighted by molar-refractivity contribution is -0.151. The van der Waals surface area contributed by atoms with Crippen LogP contribution >= 0.6 is 27.7 Å². The summed E-state index contributed by atoms with van der Waals surface area (Å²) in [6.07, 6.45) is 3.74. The summed E-state index contributed by atoms with van der Waals surface area (Å²) in [5, 5.41) is 0. The second-order valence-corrected chi connectivity index (χ2v) is 7.53. The molecule has 2 atom stereocenters. The lowest BCUT2D eigenvalue weighted by Crippen LogP contribution is -2.52. The van der Waals surface area contributed by atoms with Crippen LogP contribution in [0.2, 0.25) is 0 Å². The Morgan fingerprint density at radius 2 is 2.19 bits per heavy atom. The smallest absolute Gasteiger partial charge is 0.326 e. The summed E-state index contributed by atoms with van der Waals surface area (Å²) in [4.78, 5) is 13.3. The van der Waals surface area contributed by atoms with Crippen molar-refractivity contribution in [2.45, 2.75) is 43.0 Å². The number of rotatable bonds is 6. The molecule has 0 aliphatic heterocycles. The fourth-order valence-electron chi connectivity index (χ4n) is 2.89. The Morgan fingerprint density at radius 3 is 2.86 bits per heavy atom. The number of halogens is 1. The van der Waals surface area contributed by atoms with Crippen molar-refractivity contribution in [3.8, 4) is 0 Å². The summed E-state index contributed by atoms with van der Waals surface area (Å²) in [6, 6.07) is 8.29. The van der Waals surface area contributed by atoms with Crippen molar-refractivity contribution in [1.82, 2.24) is 0 Å². The number of ether oxygens (including phenoxy) is 1. The van der Waals surface area contributed by atoms with Crippen LogP contribution in [0.1, 0.15) is 32.6 Å². The van der Waals surface area contributed by atoms with E-state index in [1.54, 1.807) is 0 Å². The fraction of sp³-hybridized carbons (Fsp3) is 0.562. The molecule has 1 aromatic rings. The monoisotopic (exact) mass is 371 g/mol. The number of esters is 1. The molecule has 0 radical (unpaired) electrons. The fourth-order valence-corrected chi connectivity index (χ4v) is 4.12. The number of carbonyl (C=O) groups excluding carboxylic acids is 1. The zero-order chi connectivity index (χ0) is 15.3. The quantitative estimate of drug-likeness (QED) is 0.606. The Kier molecular flexibility index (Phi) is 6.14. The van der Waals surface area contributed by atoms with Crippen LogP contribution in [0.15, 0.2) is 33.6 Å². The highest BCUT2D eigenvalue weighted by Crippen LogP contribution is 2.38. The van der Waals surface area contributed by atoms with Gasteiger partial charge >= 0.3 is 5.97 Å². The number of benzene rings is 1. The highest BCUT2D eigenvalue weighted by atomic mass is 79.9. The minimum Gasteiger partial charge on any atom is -0.465 e. The topological polar surface area (TPSA) is 52.3 Å². The number of thioether (sulfide) groups is 1. The van der Waals surface area contributed by atoms with Crippen molar-refractivity contribution in [3.63, 3.8) is 0 Å². The molecule has 2 N–H and O–H groups in total. The van der Waals surface area contributed by atoms with Crippen molar-refractivity contribution < 1.29 is 9.53 Å². The number of hydrogen-bond donors (Lipinski definition) is 1. The SMILES string of the molecule is CCOC(=O)C1(N)CCCC1CCSc1ccc(Br)cc1. The highest BCUT2D eigenvalue weighted by molar-refractivity contribution is 9.10. The molecule has 2 unspecified atom stereocenters. The average molecular weight is 372 g/mol. The first-order valence-electron chi connectivity index (χ1n) is 7.40. The Balaban J connectivity index is 1.87. The summed E-state index contributed by atoms with van der Waals surface area (Å²) < 4.78 is 6.25. The molecule has 1 fully saturated rings. The zero-order valence-corrected chi connectivity index (χ0v) is 14.7. The van der Waals surface area contributed by atoms with Gasteiger partial charge in [-0.15, -0.1) is 11.8 Å². The second-order valence-electron chi connectivity index (χ2n) is 5.44. The minimum absolute atomic E-state index is 0.221. The molecule has 0 aromatic heterocycles. The predicted molar refractivity (Wildman–Crippen MR) is 90.4 cm³/mol. The summed E-state index contributed by atoms with van der Waals surface area (Å²) in [5.41, 5.74) is 5.57. The third kappa shape index (κ3) is 4.24. The van der Waals surface area contributed by atoms with E-state index in [9.17, 15) is 4.79 Å². The normalized spacial score (nSPS) is 25.0. The first-order chi connectivity index (χ1) is 10.1. The largest absolute Gasteiger partial charge is 0.465 e. The maximum absolute atomic E-state index is 12.1. The minimum atomic E-state index is -0.768. The van der Waals surface area contributed by atoms with E-state index < -0.39 is 5.54 Å². The van der Waals surface area contributed by atoms with E-state index in [0.29, 0.717) is 6.61 Å². The van der Waals surface area contributed by atoms with Gasteiger partial charge in [-0.2, -0.15) is 0 Å². The highest BCUT2D eigenvalue weighted by Gasteiger charge is 2.46. The predicted octanol–water partition coefficient (Wildman–Crippen LogP) is 3.99. The van der Waals surface area contributed by atoms with Crippen LogP contribution in [0.25, 0.3) is 0 Å². The molecule has 0 spiro atoms. The van der Waals surface area contributed by atoms with Crippen molar-refractivity contribution in [2.75, 3.05) is 12.4 Å². The van der Waals surface area contributed by atoms with Gasteiger partial charge in [0.1, 0.15) is 5.54 Å². The first kappa shape index (κ1) is 16.8. The lowest BCUT2D eigenvalue weighted by Gasteiger charge is -2.28. The van der Waals surface area contributed by atoms with Crippen LogP contribution < -0.4 is 5.73 Å². The van der Waals surface area contributed by atoms with Crippen LogP contribution in [0.5, 0.6) is 0 Å². The standard InChI is InChI=1S/C16H22BrNO2S/c1-2-20-15(19)16(18)10-3-4-12(16)9-11-21-14-7-5-13(17)6-8-14/h5-8,12H,2-4,9-11,18H2,1H3. The molecule has 5 heteroatoms. The van der Waals surface area contributed by atoms with Gasteiger partial charge in [0.15, 0.2) is 0 Å². The Morgan fingerprint density at radius 1 is 1.48 bits per heavy atom. The third-order valence-electron chi connectivity index (χ3n) is 4.08. The summed E-state index contributed by atoms with van der Waals surface area (Å²) in [5.74, 6) is 0.991. The van der Waals surface area contributed by atoms with Crippen LogP contribution in [-0.4, -0.2) is 23.9 Å². The molecule has 2 rings (SSSR count). The first-order valence-corrected chi connectivity index (χ1v) is 9.18. The maximum Gasteiger partial charge on any atom is 0.326 e. The zero-order valence-electron chi connectivity index (χ0n) is 12.3. The Hall–Kier alpha value is -0.520. The molecular weight excluding hydrogens is 350 g/mol. The van der Waals surface area contributed by atoms with Gasteiger partial charge in [0.2, 0.25) is 0 Å². The molecular formula is C16H22BrNO2S. The number of nitrogens with two attached hydrogens (primary N) is 1. The van der Waals surface area contributed by atoms with Crippen molar-refractivity contribution in [2.24, 2.45) is 11.7 Å². The van der Waals surface area contributed by atoms with E-state index >= 15 is 0 Å². The molecule has 1 aliphatic rings.